The second-order valence-corrected chi connectivity index (χ2v) is 4.11. The number of rotatable bonds is 0. The molecule has 0 N–H and O–H groups in total. The van der Waals surface area contributed by atoms with Crippen molar-refractivity contribution in [1.29, 1.82) is 0 Å². The second-order valence-electron chi connectivity index (χ2n) is 2.92. The summed E-state index contributed by atoms with van der Waals surface area (Å²) in [6.45, 7) is 0. The van der Waals surface area contributed by atoms with Gasteiger partial charge in [0.15, 0.2) is 0 Å². The van der Waals surface area contributed by atoms with Gasteiger partial charge in [0.05, 0.1) is 0 Å². The van der Waals surface area contributed by atoms with Gasteiger partial charge >= 0.3 is 0 Å². The Hall–Kier alpha value is -0.170. The fraction of sp³-hybridized carbons (Fsp3) is 0.500. The van der Waals surface area contributed by atoms with Crippen molar-refractivity contribution < 1.29 is 0 Å². The summed E-state index contributed by atoms with van der Waals surface area (Å²) in [5.41, 5.74) is 3.56. The van der Waals surface area contributed by atoms with E-state index < -0.39 is 0 Å². The Balaban J connectivity index is 2.09. The van der Waals surface area contributed by atoms with Crippen LogP contribution in [-0.4, -0.2) is 11.0 Å². The number of allylic oxidation sites excluding steroid dienone is 2. The van der Waals surface area contributed by atoms with Crippen LogP contribution in [0.4, 0.5) is 0 Å². The number of hydrogen-bond donors (Lipinski definition) is 0. The van der Waals surface area contributed by atoms with Crippen molar-refractivity contribution >= 4 is 11.8 Å². The van der Waals surface area contributed by atoms with Crippen molar-refractivity contribution in [1.82, 2.24) is 0 Å². The Morgan fingerprint density at radius 1 is 1.56 bits per heavy atom. The van der Waals surface area contributed by atoms with Crippen molar-refractivity contribution in [3.8, 4) is 0 Å². The zero-order chi connectivity index (χ0) is 5.84. The highest BCUT2D eigenvalue weighted by atomic mass is 32.2. The standard InChI is InChI=1S/C8H8S/c1-2-5-6-4-9-7(3-1)8(5)6/h1-2,5,7H,3-4H2. The highest BCUT2D eigenvalue weighted by Gasteiger charge is 2.45. The molecule has 1 aliphatic heterocycles. The van der Waals surface area contributed by atoms with Gasteiger partial charge in [0, 0.05) is 16.9 Å². The Labute approximate surface area is 59.0 Å². The molecule has 1 heterocycles. The third kappa shape index (κ3) is 0.432. The first-order valence-corrected chi connectivity index (χ1v) is 4.53. The normalized spacial score (nSPS) is 43.6. The summed E-state index contributed by atoms with van der Waals surface area (Å²) < 4.78 is 0. The van der Waals surface area contributed by atoms with Gasteiger partial charge in [-0.3, -0.25) is 0 Å². The molecule has 0 spiro atoms. The van der Waals surface area contributed by atoms with Crippen molar-refractivity contribution in [2.75, 3.05) is 5.75 Å². The molecule has 0 fully saturated rings. The van der Waals surface area contributed by atoms with Crippen molar-refractivity contribution in [3.05, 3.63) is 23.3 Å². The van der Waals surface area contributed by atoms with E-state index in [0.717, 1.165) is 11.2 Å². The van der Waals surface area contributed by atoms with Crippen LogP contribution in [0, 0.1) is 5.92 Å². The summed E-state index contributed by atoms with van der Waals surface area (Å²) in [6, 6.07) is 0. The van der Waals surface area contributed by atoms with Crippen LogP contribution in [0.5, 0.6) is 0 Å². The summed E-state index contributed by atoms with van der Waals surface area (Å²) in [4.78, 5) is 0. The third-order valence-corrected chi connectivity index (χ3v) is 3.79. The maximum atomic E-state index is 2.38. The van der Waals surface area contributed by atoms with E-state index in [1.165, 1.54) is 12.2 Å². The lowest BCUT2D eigenvalue weighted by Gasteiger charge is -2.15. The molecule has 2 atom stereocenters. The predicted octanol–water partition coefficient (Wildman–Crippen LogP) is 1.99. The SMILES string of the molecule is C1=CC2C3=C2C(C1)SC3. The number of fused-ring (bicyclic) bond motifs is 1. The summed E-state index contributed by atoms with van der Waals surface area (Å²) in [6.07, 6.45) is 6.03. The Kier molecular flexibility index (Phi) is 0.661. The molecule has 3 aliphatic rings. The minimum absolute atomic E-state index is 0.866. The lowest BCUT2D eigenvalue weighted by molar-refractivity contribution is 0.915. The molecule has 1 heteroatoms. The zero-order valence-electron chi connectivity index (χ0n) is 5.13. The summed E-state index contributed by atoms with van der Waals surface area (Å²) in [5, 5.41) is 0.912. The predicted molar refractivity (Wildman–Crippen MR) is 40.5 cm³/mol. The van der Waals surface area contributed by atoms with E-state index in [-0.39, 0.29) is 0 Å². The topological polar surface area (TPSA) is 0 Å². The third-order valence-electron chi connectivity index (χ3n) is 2.46. The molecule has 0 bridgehead atoms. The van der Waals surface area contributed by atoms with Crippen LogP contribution >= 0.6 is 11.8 Å². The molecule has 2 aliphatic carbocycles. The van der Waals surface area contributed by atoms with E-state index in [0.29, 0.717) is 0 Å². The lowest BCUT2D eigenvalue weighted by Crippen LogP contribution is -2.06. The zero-order valence-corrected chi connectivity index (χ0v) is 5.95. The fourth-order valence-electron chi connectivity index (χ4n) is 1.92. The van der Waals surface area contributed by atoms with Gasteiger partial charge < -0.3 is 0 Å². The second kappa shape index (κ2) is 1.29. The number of thioether (sulfide) groups is 1. The molecular weight excluding hydrogens is 128 g/mol. The van der Waals surface area contributed by atoms with E-state index >= 15 is 0 Å². The average Bonchev–Trinajstić information content (AvgIpc) is 2.35. The lowest BCUT2D eigenvalue weighted by atomic mass is 10.1. The van der Waals surface area contributed by atoms with Gasteiger partial charge in [0.1, 0.15) is 0 Å². The fourth-order valence-corrected chi connectivity index (χ4v) is 3.37. The van der Waals surface area contributed by atoms with E-state index in [1.807, 2.05) is 0 Å². The molecule has 0 aromatic carbocycles. The summed E-state index contributed by atoms with van der Waals surface area (Å²) in [5.74, 6) is 2.21. The number of hydrogen-bond acceptors (Lipinski definition) is 1. The van der Waals surface area contributed by atoms with Crippen molar-refractivity contribution in [3.63, 3.8) is 0 Å². The first-order valence-electron chi connectivity index (χ1n) is 3.48. The molecule has 0 radical (unpaired) electrons. The van der Waals surface area contributed by atoms with Gasteiger partial charge in [-0.05, 0) is 17.6 Å². The largest absolute Gasteiger partial charge is 0.149 e. The smallest absolute Gasteiger partial charge is 0.0306 e. The van der Waals surface area contributed by atoms with Crippen molar-refractivity contribution in [2.24, 2.45) is 5.92 Å². The quantitative estimate of drug-likeness (QED) is 0.459. The van der Waals surface area contributed by atoms with Gasteiger partial charge in [-0.1, -0.05) is 12.2 Å². The first-order chi connectivity index (χ1) is 4.47. The first kappa shape index (κ1) is 4.62. The molecule has 0 saturated carbocycles. The van der Waals surface area contributed by atoms with Crippen LogP contribution in [0.25, 0.3) is 0 Å². The Bertz CT molecular complexity index is 225. The van der Waals surface area contributed by atoms with Crippen LogP contribution < -0.4 is 0 Å². The maximum absolute atomic E-state index is 2.38. The van der Waals surface area contributed by atoms with Gasteiger partial charge in [-0.2, -0.15) is 0 Å². The van der Waals surface area contributed by atoms with E-state index in [9.17, 15) is 0 Å². The molecule has 0 aromatic heterocycles. The molecule has 0 aromatic rings. The van der Waals surface area contributed by atoms with E-state index in [1.54, 1.807) is 11.1 Å². The Morgan fingerprint density at radius 3 is 3.33 bits per heavy atom. The molecule has 9 heavy (non-hydrogen) atoms. The van der Waals surface area contributed by atoms with Crippen LogP contribution in [0.2, 0.25) is 0 Å². The van der Waals surface area contributed by atoms with Gasteiger partial charge in [-0.15, -0.1) is 11.8 Å². The van der Waals surface area contributed by atoms with Gasteiger partial charge in [-0.25, -0.2) is 0 Å². The molecule has 0 saturated heterocycles. The summed E-state index contributed by atoms with van der Waals surface area (Å²) in [7, 11) is 0. The van der Waals surface area contributed by atoms with E-state index in [4.69, 9.17) is 0 Å². The van der Waals surface area contributed by atoms with Crippen LogP contribution in [0.15, 0.2) is 23.3 Å². The molecule has 46 valence electrons. The van der Waals surface area contributed by atoms with Gasteiger partial charge in [0.25, 0.3) is 0 Å². The van der Waals surface area contributed by atoms with E-state index in [2.05, 4.69) is 23.9 Å². The maximum Gasteiger partial charge on any atom is 0.0306 e. The molecule has 2 unspecified atom stereocenters. The van der Waals surface area contributed by atoms with Gasteiger partial charge in [0.2, 0.25) is 0 Å². The molecule has 3 rings (SSSR count). The minimum atomic E-state index is 0.866. The highest BCUT2D eigenvalue weighted by Crippen LogP contribution is 2.57. The van der Waals surface area contributed by atoms with Crippen LogP contribution in [0.1, 0.15) is 6.42 Å². The Morgan fingerprint density at radius 2 is 2.56 bits per heavy atom. The molecular formula is C8H8S. The minimum Gasteiger partial charge on any atom is -0.149 e. The monoisotopic (exact) mass is 136 g/mol. The van der Waals surface area contributed by atoms with Crippen LogP contribution in [-0.2, 0) is 0 Å². The molecule has 0 nitrogen and oxygen atoms in total. The summed E-state index contributed by atoms with van der Waals surface area (Å²) >= 11 is 2.13. The molecule has 0 amide bonds. The van der Waals surface area contributed by atoms with Crippen molar-refractivity contribution in [2.45, 2.75) is 11.7 Å². The van der Waals surface area contributed by atoms with Crippen LogP contribution in [0.3, 0.4) is 0 Å². The average molecular weight is 136 g/mol. The highest BCUT2D eigenvalue weighted by molar-refractivity contribution is 8.00.